The average Bonchev–Trinajstić information content (AvgIpc) is 2.66. The molecule has 0 radical (unpaired) electrons. The zero-order valence-electron chi connectivity index (χ0n) is 14.7. The first-order valence-electron chi connectivity index (χ1n) is 8.29. The molecular formula is C17H26O9. The molecule has 1 fully saturated rings. The van der Waals surface area contributed by atoms with E-state index >= 15 is 0 Å². The highest BCUT2D eigenvalue weighted by molar-refractivity contribution is 5.54. The number of ether oxygens (including phenoxy) is 4. The van der Waals surface area contributed by atoms with E-state index in [-0.39, 0.29) is 12.4 Å². The molecule has 0 spiro atoms. The van der Waals surface area contributed by atoms with Gasteiger partial charge in [0.05, 0.1) is 20.8 Å². The van der Waals surface area contributed by atoms with Gasteiger partial charge in [0.15, 0.2) is 11.5 Å². The lowest BCUT2D eigenvalue weighted by Gasteiger charge is -2.39. The molecule has 1 aromatic rings. The van der Waals surface area contributed by atoms with Crippen LogP contribution < -0.4 is 14.2 Å². The summed E-state index contributed by atoms with van der Waals surface area (Å²) < 4.78 is 21.7. The molecule has 0 amide bonds. The van der Waals surface area contributed by atoms with E-state index in [1.165, 1.54) is 14.2 Å². The quantitative estimate of drug-likeness (QED) is 0.380. The van der Waals surface area contributed by atoms with Crippen LogP contribution >= 0.6 is 0 Å². The summed E-state index contributed by atoms with van der Waals surface area (Å²) in [5.74, 6) is 0.774. The third kappa shape index (κ3) is 4.37. The minimum absolute atomic E-state index is 0.0494. The molecule has 5 atom stereocenters. The third-order valence-electron chi connectivity index (χ3n) is 4.23. The van der Waals surface area contributed by atoms with E-state index in [0.717, 1.165) is 5.56 Å². The van der Waals surface area contributed by atoms with E-state index in [1.807, 2.05) is 0 Å². The van der Waals surface area contributed by atoms with Gasteiger partial charge < -0.3 is 44.5 Å². The maximum absolute atomic E-state index is 10.1. The fraction of sp³-hybridized carbons (Fsp3) is 0.647. The molecule has 1 aromatic carbocycles. The molecule has 5 unspecified atom stereocenters. The second-order valence-electron chi connectivity index (χ2n) is 5.97. The van der Waals surface area contributed by atoms with Gasteiger partial charge in [-0.15, -0.1) is 0 Å². The molecule has 0 aromatic heterocycles. The van der Waals surface area contributed by atoms with E-state index < -0.39 is 37.3 Å². The Hall–Kier alpha value is -1.62. The molecular weight excluding hydrogens is 348 g/mol. The number of aryl methyl sites for hydroxylation is 1. The molecule has 148 valence electrons. The van der Waals surface area contributed by atoms with Crippen LogP contribution in [0.5, 0.6) is 17.2 Å². The lowest BCUT2D eigenvalue weighted by Crippen LogP contribution is -2.60. The van der Waals surface area contributed by atoms with Crippen LogP contribution in [0, 0.1) is 0 Å². The molecule has 2 rings (SSSR count). The Morgan fingerprint density at radius 2 is 1.58 bits per heavy atom. The summed E-state index contributed by atoms with van der Waals surface area (Å²) in [6, 6.07) is 3.41. The molecule has 1 aliphatic heterocycles. The Bertz CT molecular complexity index is 552. The summed E-state index contributed by atoms with van der Waals surface area (Å²) >= 11 is 0. The van der Waals surface area contributed by atoms with Crippen molar-refractivity contribution in [1.82, 2.24) is 0 Å². The van der Waals surface area contributed by atoms with Crippen LogP contribution in [0.15, 0.2) is 12.1 Å². The molecule has 0 saturated carbocycles. The topological polar surface area (TPSA) is 138 Å². The number of benzene rings is 1. The van der Waals surface area contributed by atoms with Gasteiger partial charge in [0, 0.05) is 6.61 Å². The smallest absolute Gasteiger partial charge is 0.229 e. The van der Waals surface area contributed by atoms with Gasteiger partial charge in [0.25, 0.3) is 0 Å². The lowest BCUT2D eigenvalue weighted by atomic mass is 9.99. The fourth-order valence-corrected chi connectivity index (χ4v) is 2.76. The second-order valence-corrected chi connectivity index (χ2v) is 5.97. The molecule has 1 saturated heterocycles. The number of rotatable bonds is 8. The highest BCUT2D eigenvalue weighted by atomic mass is 16.7. The molecule has 9 heteroatoms. The lowest BCUT2D eigenvalue weighted by molar-refractivity contribution is -0.277. The van der Waals surface area contributed by atoms with Crippen molar-refractivity contribution in [3.8, 4) is 17.2 Å². The summed E-state index contributed by atoms with van der Waals surface area (Å²) in [6.45, 7) is -0.507. The molecule has 9 nitrogen and oxygen atoms in total. The van der Waals surface area contributed by atoms with E-state index in [9.17, 15) is 20.4 Å². The minimum atomic E-state index is -1.55. The molecule has 1 aliphatic rings. The van der Waals surface area contributed by atoms with E-state index in [4.69, 9.17) is 24.1 Å². The average molecular weight is 374 g/mol. The molecule has 0 bridgehead atoms. The van der Waals surface area contributed by atoms with Gasteiger partial charge >= 0.3 is 0 Å². The zero-order chi connectivity index (χ0) is 19.3. The SMILES string of the molecule is COc1cc(CCCO)cc(OC)c1OC1OC(CO)C(O)C(O)C1O. The summed E-state index contributed by atoms with van der Waals surface area (Å²) in [7, 11) is 2.87. The second kappa shape index (κ2) is 9.36. The van der Waals surface area contributed by atoms with Gasteiger partial charge in [0.2, 0.25) is 12.0 Å². The van der Waals surface area contributed by atoms with Crippen molar-refractivity contribution in [3.63, 3.8) is 0 Å². The van der Waals surface area contributed by atoms with Gasteiger partial charge in [-0.2, -0.15) is 0 Å². The third-order valence-corrected chi connectivity index (χ3v) is 4.23. The maximum Gasteiger partial charge on any atom is 0.229 e. The highest BCUT2D eigenvalue weighted by Gasteiger charge is 2.45. The van der Waals surface area contributed by atoms with Gasteiger partial charge in [-0.25, -0.2) is 0 Å². The highest BCUT2D eigenvalue weighted by Crippen LogP contribution is 2.40. The summed E-state index contributed by atoms with van der Waals surface area (Å²) in [4.78, 5) is 0. The van der Waals surface area contributed by atoms with Crippen molar-refractivity contribution in [2.75, 3.05) is 27.4 Å². The fourth-order valence-electron chi connectivity index (χ4n) is 2.76. The normalized spacial score (nSPS) is 28.7. The first-order valence-corrected chi connectivity index (χ1v) is 8.29. The minimum Gasteiger partial charge on any atom is -0.493 e. The van der Waals surface area contributed by atoms with Gasteiger partial charge in [-0.05, 0) is 30.5 Å². The standard InChI is InChI=1S/C17H26O9/c1-23-10-6-9(4-3-5-18)7-11(24-2)16(10)26-17-15(22)14(21)13(20)12(8-19)25-17/h6-7,12-15,17-22H,3-5,8H2,1-2H3. The zero-order valence-corrected chi connectivity index (χ0v) is 14.7. The summed E-state index contributed by atoms with van der Waals surface area (Å²) in [5, 5.41) is 48.1. The van der Waals surface area contributed by atoms with Crippen LogP contribution in [0.25, 0.3) is 0 Å². The van der Waals surface area contributed by atoms with Crippen molar-refractivity contribution in [3.05, 3.63) is 17.7 Å². The van der Waals surface area contributed by atoms with Gasteiger partial charge in [0.1, 0.15) is 24.4 Å². The van der Waals surface area contributed by atoms with Gasteiger partial charge in [-0.1, -0.05) is 0 Å². The molecule has 5 N–H and O–H groups in total. The van der Waals surface area contributed by atoms with Crippen LogP contribution in [0.2, 0.25) is 0 Å². The van der Waals surface area contributed by atoms with Crippen LogP contribution in [-0.4, -0.2) is 83.7 Å². The molecule has 0 aliphatic carbocycles. The van der Waals surface area contributed by atoms with Crippen molar-refractivity contribution in [1.29, 1.82) is 0 Å². The van der Waals surface area contributed by atoms with Crippen LogP contribution in [0.4, 0.5) is 0 Å². The van der Waals surface area contributed by atoms with Crippen molar-refractivity contribution < 1.29 is 44.5 Å². The number of aliphatic hydroxyl groups is 5. The van der Waals surface area contributed by atoms with Crippen LogP contribution in [0.3, 0.4) is 0 Å². The van der Waals surface area contributed by atoms with E-state index in [1.54, 1.807) is 12.1 Å². The maximum atomic E-state index is 10.1. The Kier molecular flexibility index (Phi) is 7.44. The van der Waals surface area contributed by atoms with Gasteiger partial charge in [-0.3, -0.25) is 0 Å². The van der Waals surface area contributed by atoms with E-state index in [2.05, 4.69) is 0 Å². The Morgan fingerprint density at radius 1 is 0.962 bits per heavy atom. The molecule has 26 heavy (non-hydrogen) atoms. The number of hydrogen-bond acceptors (Lipinski definition) is 9. The number of methoxy groups -OCH3 is 2. The predicted molar refractivity (Wildman–Crippen MR) is 89.3 cm³/mol. The van der Waals surface area contributed by atoms with Crippen LogP contribution in [0.1, 0.15) is 12.0 Å². The monoisotopic (exact) mass is 374 g/mol. The van der Waals surface area contributed by atoms with Crippen molar-refractivity contribution in [2.45, 2.75) is 43.5 Å². The molecule has 1 heterocycles. The largest absolute Gasteiger partial charge is 0.493 e. The Morgan fingerprint density at radius 3 is 2.08 bits per heavy atom. The predicted octanol–water partition coefficient (Wildman–Crippen LogP) is -1.19. The summed E-state index contributed by atoms with van der Waals surface area (Å²) in [6.07, 6.45) is -5.83. The van der Waals surface area contributed by atoms with Crippen LogP contribution in [-0.2, 0) is 11.2 Å². The number of aliphatic hydroxyl groups excluding tert-OH is 5. The Balaban J connectivity index is 2.29. The Labute approximate surface area is 151 Å². The summed E-state index contributed by atoms with van der Waals surface area (Å²) in [5.41, 5.74) is 0.855. The van der Waals surface area contributed by atoms with Crippen molar-refractivity contribution in [2.24, 2.45) is 0 Å². The first kappa shape index (κ1) is 20.7. The van der Waals surface area contributed by atoms with E-state index in [0.29, 0.717) is 24.3 Å². The number of hydrogen-bond donors (Lipinski definition) is 5. The van der Waals surface area contributed by atoms with Crippen molar-refractivity contribution >= 4 is 0 Å². The first-order chi connectivity index (χ1) is 12.5.